The maximum absolute atomic E-state index is 12.1. The van der Waals surface area contributed by atoms with Crippen molar-refractivity contribution >= 4 is 5.91 Å². The number of nitrogens with one attached hydrogen (secondary N) is 1. The number of hydrogen-bond acceptors (Lipinski definition) is 2. The zero-order valence-corrected chi connectivity index (χ0v) is 11.6. The largest absolute Gasteiger partial charge is 0.352 e. The van der Waals surface area contributed by atoms with Gasteiger partial charge in [-0.15, -0.1) is 0 Å². The minimum Gasteiger partial charge on any atom is -0.352 e. The van der Waals surface area contributed by atoms with Crippen LogP contribution in [0.5, 0.6) is 0 Å². The molecule has 0 aromatic heterocycles. The van der Waals surface area contributed by atoms with Gasteiger partial charge in [-0.3, -0.25) is 4.79 Å². The highest BCUT2D eigenvalue weighted by molar-refractivity contribution is 5.85. The van der Waals surface area contributed by atoms with Gasteiger partial charge in [0.25, 0.3) is 0 Å². The van der Waals surface area contributed by atoms with Crippen LogP contribution in [0.3, 0.4) is 0 Å². The molecule has 3 heteroatoms. The SMILES string of the molecule is CCCC(C)(N)C(=O)NC1CCCC(C)CC1. The molecule has 0 aromatic rings. The van der Waals surface area contributed by atoms with Gasteiger partial charge in [0.2, 0.25) is 5.91 Å². The first-order valence-electron chi connectivity index (χ1n) is 7.05. The van der Waals surface area contributed by atoms with Gasteiger partial charge in [-0.25, -0.2) is 0 Å². The van der Waals surface area contributed by atoms with Crippen molar-refractivity contribution < 1.29 is 4.79 Å². The van der Waals surface area contributed by atoms with Crippen molar-refractivity contribution in [2.75, 3.05) is 0 Å². The zero-order chi connectivity index (χ0) is 12.9. The quantitative estimate of drug-likeness (QED) is 0.742. The topological polar surface area (TPSA) is 55.1 Å². The van der Waals surface area contributed by atoms with E-state index in [2.05, 4.69) is 19.2 Å². The van der Waals surface area contributed by atoms with Gasteiger partial charge in [0.15, 0.2) is 0 Å². The van der Waals surface area contributed by atoms with Gasteiger partial charge in [0.1, 0.15) is 0 Å². The van der Waals surface area contributed by atoms with Gasteiger partial charge in [-0.2, -0.15) is 0 Å². The number of amides is 1. The van der Waals surface area contributed by atoms with Crippen LogP contribution in [0.15, 0.2) is 0 Å². The van der Waals surface area contributed by atoms with E-state index in [0.29, 0.717) is 6.04 Å². The Bertz CT molecular complexity index is 251. The lowest BCUT2D eigenvalue weighted by atomic mass is 9.95. The summed E-state index contributed by atoms with van der Waals surface area (Å²) in [5.41, 5.74) is 5.34. The molecule has 0 aromatic carbocycles. The van der Waals surface area contributed by atoms with Gasteiger partial charge in [-0.1, -0.05) is 33.1 Å². The van der Waals surface area contributed by atoms with Crippen molar-refractivity contribution in [1.82, 2.24) is 5.32 Å². The van der Waals surface area contributed by atoms with Crippen LogP contribution < -0.4 is 11.1 Å². The summed E-state index contributed by atoms with van der Waals surface area (Å²) in [5, 5.41) is 3.14. The molecule has 1 rings (SSSR count). The Balaban J connectivity index is 2.44. The first-order chi connectivity index (χ1) is 7.95. The molecule has 0 radical (unpaired) electrons. The number of carbonyl (C=O) groups is 1. The lowest BCUT2D eigenvalue weighted by molar-refractivity contribution is -0.126. The molecule has 0 aliphatic heterocycles. The molecule has 3 unspecified atom stereocenters. The van der Waals surface area contributed by atoms with Crippen LogP contribution in [0.1, 0.15) is 65.7 Å². The average Bonchev–Trinajstić information content (AvgIpc) is 2.43. The summed E-state index contributed by atoms with van der Waals surface area (Å²) in [4.78, 5) is 12.1. The predicted molar refractivity (Wildman–Crippen MR) is 71.7 cm³/mol. The van der Waals surface area contributed by atoms with Crippen LogP contribution in [-0.4, -0.2) is 17.5 Å². The predicted octanol–water partition coefficient (Wildman–Crippen LogP) is 2.59. The van der Waals surface area contributed by atoms with E-state index in [0.717, 1.165) is 31.6 Å². The summed E-state index contributed by atoms with van der Waals surface area (Å²) >= 11 is 0. The minimum absolute atomic E-state index is 0.0268. The smallest absolute Gasteiger partial charge is 0.240 e. The molecule has 1 amide bonds. The van der Waals surface area contributed by atoms with E-state index in [1.807, 2.05) is 6.92 Å². The summed E-state index contributed by atoms with van der Waals surface area (Å²) < 4.78 is 0. The second-order valence-electron chi connectivity index (χ2n) is 5.95. The Morgan fingerprint density at radius 2 is 2.06 bits per heavy atom. The molecule has 1 fully saturated rings. The van der Waals surface area contributed by atoms with Crippen molar-refractivity contribution in [3.63, 3.8) is 0 Å². The van der Waals surface area contributed by atoms with E-state index in [9.17, 15) is 4.79 Å². The Kier molecular flexibility index (Phi) is 5.44. The molecule has 0 heterocycles. The lowest BCUT2D eigenvalue weighted by Crippen LogP contribution is -2.54. The second-order valence-corrected chi connectivity index (χ2v) is 5.95. The van der Waals surface area contributed by atoms with Crippen molar-refractivity contribution in [3.05, 3.63) is 0 Å². The van der Waals surface area contributed by atoms with E-state index in [-0.39, 0.29) is 5.91 Å². The minimum atomic E-state index is -0.702. The van der Waals surface area contributed by atoms with Gasteiger partial charge in [0, 0.05) is 6.04 Å². The molecule has 1 saturated carbocycles. The monoisotopic (exact) mass is 240 g/mol. The molecular weight excluding hydrogens is 212 g/mol. The summed E-state index contributed by atoms with van der Waals surface area (Å²) in [6.45, 7) is 6.20. The van der Waals surface area contributed by atoms with Gasteiger partial charge >= 0.3 is 0 Å². The van der Waals surface area contributed by atoms with Gasteiger partial charge in [0.05, 0.1) is 5.54 Å². The molecule has 1 aliphatic rings. The van der Waals surface area contributed by atoms with Crippen molar-refractivity contribution in [3.8, 4) is 0 Å². The highest BCUT2D eigenvalue weighted by Crippen LogP contribution is 2.23. The third kappa shape index (κ3) is 4.66. The normalized spacial score (nSPS) is 29.2. The second kappa shape index (κ2) is 6.39. The highest BCUT2D eigenvalue weighted by atomic mass is 16.2. The molecule has 0 bridgehead atoms. The molecule has 3 atom stereocenters. The average molecular weight is 240 g/mol. The number of carbonyl (C=O) groups excluding carboxylic acids is 1. The number of nitrogens with two attached hydrogens (primary N) is 1. The Hall–Kier alpha value is -0.570. The zero-order valence-electron chi connectivity index (χ0n) is 11.6. The van der Waals surface area contributed by atoms with Crippen molar-refractivity contribution in [2.24, 2.45) is 11.7 Å². The lowest BCUT2D eigenvalue weighted by Gasteiger charge is -2.26. The molecule has 0 spiro atoms. The van der Waals surface area contributed by atoms with E-state index in [4.69, 9.17) is 5.73 Å². The van der Waals surface area contributed by atoms with E-state index in [1.54, 1.807) is 0 Å². The maximum atomic E-state index is 12.1. The van der Waals surface area contributed by atoms with Gasteiger partial charge < -0.3 is 11.1 Å². The molecule has 0 saturated heterocycles. The van der Waals surface area contributed by atoms with Crippen LogP contribution in [0.25, 0.3) is 0 Å². The van der Waals surface area contributed by atoms with Crippen LogP contribution in [-0.2, 0) is 4.79 Å². The van der Waals surface area contributed by atoms with Gasteiger partial charge in [-0.05, 0) is 38.5 Å². The summed E-state index contributed by atoms with van der Waals surface area (Å²) in [6, 6.07) is 0.340. The summed E-state index contributed by atoms with van der Waals surface area (Å²) in [5.74, 6) is 0.829. The fourth-order valence-electron chi connectivity index (χ4n) is 2.61. The Morgan fingerprint density at radius 1 is 1.35 bits per heavy atom. The van der Waals surface area contributed by atoms with Crippen molar-refractivity contribution in [2.45, 2.75) is 77.3 Å². The van der Waals surface area contributed by atoms with E-state index >= 15 is 0 Å². The number of hydrogen-bond donors (Lipinski definition) is 2. The highest BCUT2D eigenvalue weighted by Gasteiger charge is 2.29. The maximum Gasteiger partial charge on any atom is 0.240 e. The summed E-state index contributed by atoms with van der Waals surface area (Å²) in [7, 11) is 0. The van der Waals surface area contributed by atoms with Crippen LogP contribution in [0, 0.1) is 5.92 Å². The third-order valence-corrected chi connectivity index (χ3v) is 3.88. The molecule has 17 heavy (non-hydrogen) atoms. The van der Waals surface area contributed by atoms with E-state index < -0.39 is 5.54 Å². The third-order valence-electron chi connectivity index (χ3n) is 3.88. The van der Waals surface area contributed by atoms with E-state index in [1.165, 1.54) is 19.3 Å². The number of rotatable bonds is 4. The van der Waals surface area contributed by atoms with Crippen molar-refractivity contribution in [1.29, 1.82) is 0 Å². The Morgan fingerprint density at radius 3 is 2.71 bits per heavy atom. The van der Waals surface area contributed by atoms with Crippen LogP contribution in [0.2, 0.25) is 0 Å². The standard InChI is InChI=1S/C14H28N2O/c1-4-10-14(3,15)13(17)16-12-7-5-6-11(2)8-9-12/h11-12H,4-10,15H2,1-3H3,(H,16,17). The first kappa shape index (κ1) is 14.5. The fourth-order valence-corrected chi connectivity index (χ4v) is 2.61. The van der Waals surface area contributed by atoms with Crippen LogP contribution >= 0.6 is 0 Å². The molecule has 3 N–H and O–H groups in total. The molecular formula is C14H28N2O. The molecule has 100 valence electrons. The summed E-state index contributed by atoms with van der Waals surface area (Å²) in [6.07, 6.45) is 7.65. The molecule has 1 aliphatic carbocycles. The first-order valence-corrected chi connectivity index (χ1v) is 7.05. The molecule has 3 nitrogen and oxygen atoms in total. The Labute approximate surface area is 106 Å². The van der Waals surface area contributed by atoms with Crippen LogP contribution in [0.4, 0.5) is 0 Å². The fraction of sp³-hybridized carbons (Fsp3) is 0.929.